The Morgan fingerprint density at radius 2 is 0.780 bits per heavy atom. The van der Waals surface area contributed by atoms with Crippen molar-refractivity contribution < 1.29 is 35.6 Å². The van der Waals surface area contributed by atoms with Crippen LogP contribution in [0.25, 0.3) is 0 Å². The molecular formula is C32H28NiO4S4. The van der Waals surface area contributed by atoms with E-state index in [1.807, 2.05) is 61.0 Å². The fraction of sp³-hybridized carbons (Fsp3) is 0.125. The smallest absolute Gasteiger partial charge is 0.204 e. The average Bonchev–Trinajstić information content (AvgIpc) is 3.03. The van der Waals surface area contributed by atoms with Gasteiger partial charge in [0.15, 0.2) is 0 Å². The van der Waals surface area contributed by atoms with Gasteiger partial charge in [0.2, 0.25) is 11.6 Å². The predicted molar refractivity (Wildman–Crippen MR) is 174 cm³/mol. The summed E-state index contributed by atoms with van der Waals surface area (Å²) in [6.07, 6.45) is 4.02. The molecule has 4 rings (SSSR count). The molecule has 0 aromatic heterocycles. The van der Waals surface area contributed by atoms with Gasteiger partial charge in [-0.25, -0.2) is 0 Å². The molecule has 0 fully saturated rings. The fourth-order valence-corrected chi connectivity index (χ4v) is 4.82. The Morgan fingerprint density at radius 1 is 0.512 bits per heavy atom. The zero-order valence-corrected chi connectivity index (χ0v) is 27.1. The first-order valence-electron chi connectivity index (χ1n) is 12.1. The van der Waals surface area contributed by atoms with E-state index < -0.39 is 0 Å². The Balaban J connectivity index is 0.000000280. The van der Waals surface area contributed by atoms with Crippen LogP contribution in [-0.4, -0.2) is 48.0 Å². The molecule has 0 atom stereocenters. The summed E-state index contributed by atoms with van der Waals surface area (Å²) in [5.41, 5.74) is 2.70. The van der Waals surface area contributed by atoms with Gasteiger partial charge in [-0.3, -0.25) is 9.59 Å². The minimum Gasteiger partial charge on any atom is -0.497 e. The third-order valence-electron chi connectivity index (χ3n) is 5.82. The van der Waals surface area contributed by atoms with Crippen LogP contribution in [0.5, 0.6) is 11.5 Å². The molecule has 4 nitrogen and oxygen atoms in total. The molecule has 0 aliphatic heterocycles. The first-order chi connectivity index (χ1) is 19.3. The molecule has 0 heterocycles. The molecule has 0 amide bonds. The van der Waals surface area contributed by atoms with Crippen molar-refractivity contribution >= 4 is 69.3 Å². The normalized spacial score (nSPS) is 9.85. The van der Waals surface area contributed by atoms with Crippen LogP contribution in [0.4, 0.5) is 0 Å². The fourth-order valence-electron chi connectivity index (χ4n) is 3.49. The van der Waals surface area contributed by atoms with Crippen LogP contribution in [-0.2, 0) is 16.5 Å². The second kappa shape index (κ2) is 17.2. The largest absolute Gasteiger partial charge is 0.497 e. The van der Waals surface area contributed by atoms with Crippen molar-refractivity contribution in [2.75, 3.05) is 26.7 Å². The number of hydrogen-bond donors (Lipinski definition) is 0. The van der Waals surface area contributed by atoms with Crippen molar-refractivity contribution in [3.8, 4) is 11.5 Å². The van der Waals surface area contributed by atoms with Crippen LogP contribution < -0.4 is 9.47 Å². The summed E-state index contributed by atoms with van der Waals surface area (Å²) >= 11 is 13.9. The van der Waals surface area contributed by atoms with Gasteiger partial charge in [0, 0.05) is 37.4 Å². The quantitative estimate of drug-likeness (QED) is 0.0732. The van der Waals surface area contributed by atoms with Gasteiger partial charge in [0.05, 0.1) is 23.9 Å². The van der Waals surface area contributed by atoms with Crippen LogP contribution in [0.1, 0.15) is 31.8 Å². The Bertz CT molecular complexity index is 1240. The number of hydrogen-bond acceptors (Lipinski definition) is 8. The van der Waals surface area contributed by atoms with E-state index in [-0.39, 0.29) is 28.1 Å². The van der Waals surface area contributed by atoms with E-state index in [2.05, 4.69) is 0 Å². The maximum atomic E-state index is 12.3. The summed E-state index contributed by atoms with van der Waals surface area (Å²) in [5.74, 6) is 1.16. The average molecular weight is 664 g/mol. The van der Waals surface area contributed by atoms with Gasteiger partial charge in [-0.2, -0.15) is 0 Å². The third kappa shape index (κ3) is 9.62. The van der Waals surface area contributed by atoms with Crippen LogP contribution >= 0.6 is 48.0 Å². The summed E-state index contributed by atoms with van der Waals surface area (Å²) in [6.45, 7) is 0. The molecule has 9 heteroatoms. The molecule has 214 valence electrons. The molecule has 0 N–H and O–H groups in total. The van der Waals surface area contributed by atoms with E-state index in [0.29, 0.717) is 20.9 Å². The number of benzene rings is 4. The molecular weight excluding hydrogens is 635 g/mol. The summed E-state index contributed by atoms with van der Waals surface area (Å²) in [6, 6.07) is 29.3. The molecule has 0 saturated heterocycles. The maximum absolute atomic E-state index is 12.3. The second-order valence-electron chi connectivity index (χ2n) is 8.23. The van der Waals surface area contributed by atoms with Crippen molar-refractivity contribution in [3.05, 3.63) is 119 Å². The van der Waals surface area contributed by atoms with E-state index in [1.165, 1.54) is 0 Å². The van der Waals surface area contributed by atoms with E-state index in [1.54, 1.807) is 86.3 Å². The van der Waals surface area contributed by atoms with Crippen molar-refractivity contribution in [1.29, 1.82) is 0 Å². The Morgan fingerprint density at radius 3 is 1.02 bits per heavy atom. The zero-order valence-electron chi connectivity index (χ0n) is 22.8. The van der Waals surface area contributed by atoms with Crippen LogP contribution in [0.3, 0.4) is 0 Å². The van der Waals surface area contributed by atoms with E-state index >= 15 is 0 Å². The van der Waals surface area contributed by atoms with Gasteiger partial charge in [-0.15, -0.1) is 23.5 Å². The molecule has 0 aliphatic rings. The van der Waals surface area contributed by atoms with Crippen LogP contribution in [0.15, 0.2) is 107 Å². The number of carbonyl (C=O) groups is 2. The zero-order chi connectivity index (χ0) is 29.1. The standard InChI is InChI=1S/2C16H14O2S2.Ni/c2*1-18-13-7-3-11(4-8-13)15(17)16(19)12-5-9-14(20-2)10-6-12;/h2*3-10H,1-2H3;. The summed E-state index contributed by atoms with van der Waals surface area (Å²) in [5, 5.41) is 0. The van der Waals surface area contributed by atoms with Gasteiger partial charge in [0.1, 0.15) is 11.5 Å². The topological polar surface area (TPSA) is 52.6 Å². The van der Waals surface area contributed by atoms with Crippen LogP contribution in [0, 0.1) is 0 Å². The van der Waals surface area contributed by atoms with Crippen LogP contribution in [0.2, 0.25) is 0 Å². The molecule has 0 unspecified atom stereocenters. The maximum Gasteiger partial charge on any atom is 0.204 e. The SMILES string of the molecule is COc1ccc(C(=O)C(=S)c2ccc(SC)cc2)cc1.COc1ccc(C(=O)C(=S)c2ccc(SC)cc2)cc1.[Ni]. The second-order valence-corrected chi connectivity index (χ2v) is 10.8. The Labute approximate surface area is 270 Å². The number of thioether (sulfide) groups is 2. The first-order valence-corrected chi connectivity index (χ1v) is 15.3. The van der Waals surface area contributed by atoms with E-state index in [4.69, 9.17) is 33.9 Å². The molecule has 0 aliphatic carbocycles. The minimum absolute atomic E-state index is 0. The number of rotatable bonds is 10. The Hall–Kier alpha value is -2.81. The van der Waals surface area contributed by atoms with Gasteiger partial charge in [-0.1, -0.05) is 48.7 Å². The number of methoxy groups -OCH3 is 2. The summed E-state index contributed by atoms with van der Waals surface area (Å²) in [7, 11) is 3.18. The molecule has 0 radical (unpaired) electrons. The molecule has 41 heavy (non-hydrogen) atoms. The van der Waals surface area contributed by atoms with Crippen molar-refractivity contribution in [2.45, 2.75) is 9.79 Å². The molecule has 0 bridgehead atoms. The first kappa shape index (κ1) is 34.4. The van der Waals surface area contributed by atoms with Crippen molar-refractivity contribution in [3.63, 3.8) is 0 Å². The molecule has 4 aromatic rings. The molecule has 4 aromatic carbocycles. The van der Waals surface area contributed by atoms with E-state index in [9.17, 15) is 9.59 Å². The van der Waals surface area contributed by atoms with Gasteiger partial charge in [0.25, 0.3) is 0 Å². The molecule has 0 spiro atoms. The number of thiocarbonyl (C=S) groups is 2. The van der Waals surface area contributed by atoms with Gasteiger partial charge in [-0.05, 0) is 96.4 Å². The molecule has 0 saturated carbocycles. The number of carbonyl (C=O) groups excluding carboxylic acids is 2. The Kier molecular flexibility index (Phi) is 14.4. The monoisotopic (exact) mass is 662 g/mol. The predicted octanol–water partition coefficient (Wildman–Crippen LogP) is 8.03. The summed E-state index contributed by atoms with van der Waals surface area (Å²) < 4.78 is 10.1. The number of ketones is 2. The number of Topliss-reactive ketones (excluding diaryl/α,β-unsaturated/α-hetero) is 2. The number of ether oxygens (including phenoxy) is 2. The van der Waals surface area contributed by atoms with Gasteiger partial charge < -0.3 is 9.47 Å². The third-order valence-corrected chi connectivity index (χ3v) is 8.15. The van der Waals surface area contributed by atoms with E-state index in [0.717, 1.165) is 32.4 Å². The summed E-state index contributed by atoms with van der Waals surface area (Å²) in [4.78, 5) is 27.6. The van der Waals surface area contributed by atoms with Crippen molar-refractivity contribution in [1.82, 2.24) is 0 Å². The van der Waals surface area contributed by atoms with Crippen molar-refractivity contribution in [2.24, 2.45) is 0 Å². The van der Waals surface area contributed by atoms with Gasteiger partial charge >= 0.3 is 0 Å². The minimum atomic E-state index is -0.139.